The molecule has 7 nitrogen and oxygen atoms in total. The average Bonchev–Trinajstić information content (AvgIpc) is 2.59. The van der Waals surface area contributed by atoms with Crippen LogP contribution in [0.25, 0.3) is 0 Å². The van der Waals surface area contributed by atoms with E-state index >= 15 is 0 Å². The molecule has 3 aliphatic heterocycles. The summed E-state index contributed by atoms with van der Waals surface area (Å²) in [6.45, 7) is 7.20. The summed E-state index contributed by atoms with van der Waals surface area (Å²) in [6.07, 6.45) is 5.66. The lowest BCUT2D eigenvalue weighted by Crippen LogP contribution is -2.59. The Morgan fingerprint density at radius 3 is 2.81 bits per heavy atom. The Morgan fingerprint density at radius 1 is 1.31 bits per heavy atom. The molecule has 0 amide bonds. The number of anilines is 2. The van der Waals surface area contributed by atoms with E-state index in [4.69, 9.17) is 16.3 Å². The lowest BCUT2D eigenvalue weighted by molar-refractivity contribution is -0.0691. The molecular formula is C18H25ClN6O. The highest BCUT2D eigenvalue weighted by atomic mass is 35.5. The summed E-state index contributed by atoms with van der Waals surface area (Å²) in [4.78, 5) is 9.54. The van der Waals surface area contributed by atoms with Crippen LogP contribution in [0.5, 0.6) is 0 Å². The second-order valence-corrected chi connectivity index (χ2v) is 7.34. The van der Waals surface area contributed by atoms with Crippen LogP contribution in [0.4, 0.5) is 11.5 Å². The molecule has 1 aromatic heterocycles. The standard InChI is InChI=1S/C18H25ClN6O/c1-13-10-24(15-11-26-12-15)7-8-25(13)14-3-4-17(20-9-14)22-16-5-6-21-23(2)18(16)19/h3-6,9,13,15,21H,7-8,10-12H2,1-2H3,(H,20,22). The molecule has 2 N–H and O–H groups in total. The fourth-order valence-electron chi connectivity index (χ4n) is 3.53. The molecule has 0 saturated carbocycles. The first kappa shape index (κ1) is 17.5. The van der Waals surface area contributed by atoms with Crippen molar-refractivity contribution in [2.24, 2.45) is 0 Å². The van der Waals surface area contributed by atoms with Crippen molar-refractivity contribution >= 4 is 23.1 Å². The minimum absolute atomic E-state index is 0.461. The maximum atomic E-state index is 6.29. The third-order valence-corrected chi connectivity index (χ3v) is 5.63. The Balaban J connectivity index is 1.40. The summed E-state index contributed by atoms with van der Waals surface area (Å²) in [5.74, 6) is 0.778. The van der Waals surface area contributed by atoms with E-state index < -0.39 is 0 Å². The predicted molar refractivity (Wildman–Crippen MR) is 104 cm³/mol. The van der Waals surface area contributed by atoms with Gasteiger partial charge in [-0.15, -0.1) is 0 Å². The molecule has 0 radical (unpaired) electrons. The SMILES string of the molecule is CC1CN(C2COC2)CCN1c1ccc(NC2=C(Cl)N(C)NC=C2)nc1. The number of hydrogen-bond acceptors (Lipinski definition) is 7. The number of piperazine rings is 1. The predicted octanol–water partition coefficient (Wildman–Crippen LogP) is 1.77. The minimum Gasteiger partial charge on any atom is -0.378 e. The number of halogens is 1. The van der Waals surface area contributed by atoms with E-state index in [2.05, 4.69) is 38.5 Å². The van der Waals surface area contributed by atoms with Gasteiger partial charge in [-0.3, -0.25) is 9.91 Å². The van der Waals surface area contributed by atoms with E-state index in [1.54, 1.807) is 5.01 Å². The van der Waals surface area contributed by atoms with Gasteiger partial charge in [-0.2, -0.15) is 0 Å². The van der Waals surface area contributed by atoms with Gasteiger partial charge in [-0.1, -0.05) is 11.6 Å². The van der Waals surface area contributed by atoms with Crippen LogP contribution in [-0.2, 0) is 4.74 Å². The molecule has 0 spiro atoms. The van der Waals surface area contributed by atoms with Gasteiger partial charge in [0, 0.05) is 38.9 Å². The van der Waals surface area contributed by atoms with Gasteiger partial charge >= 0.3 is 0 Å². The molecule has 4 heterocycles. The number of allylic oxidation sites excluding steroid dienone is 1. The van der Waals surface area contributed by atoms with Crippen molar-refractivity contribution in [3.05, 3.63) is 41.5 Å². The molecule has 26 heavy (non-hydrogen) atoms. The minimum atomic E-state index is 0.461. The quantitative estimate of drug-likeness (QED) is 0.777. The molecule has 3 aliphatic rings. The van der Waals surface area contributed by atoms with Crippen molar-refractivity contribution in [3.63, 3.8) is 0 Å². The first-order valence-electron chi connectivity index (χ1n) is 8.99. The Labute approximate surface area is 159 Å². The van der Waals surface area contributed by atoms with Crippen LogP contribution in [-0.4, -0.2) is 66.9 Å². The number of rotatable bonds is 4. The number of hydrogen-bond donors (Lipinski definition) is 2. The van der Waals surface area contributed by atoms with Crippen LogP contribution in [0.1, 0.15) is 6.92 Å². The summed E-state index contributed by atoms with van der Waals surface area (Å²) in [6, 6.07) is 5.19. The van der Waals surface area contributed by atoms with Gasteiger partial charge in [-0.25, -0.2) is 4.98 Å². The normalized spacial score (nSPS) is 24.5. The van der Waals surface area contributed by atoms with E-state index in [0.717, 1.165) is 50.1 Å². The largest absolute Gasteiger partial charge is 0.378 e. The highest BCUT2D eigenvalue weighted by molar-refractivity contribution is 6.29. The summed E-state index contributed by atoms with van der Waals surface area (Å²) in [5, 5.41) is 5.61. The zero-order chi connectivity index (χ0) is 18.1. The van der Waals surface area contributed by atoms with E-state index in [0.29, 0.717) is 17.2 Å². The Morgan fingerprint density at radius 2 is 2.15 bits per heavy atom. The van der Waals surface area contributed by atoms with Gasteiger partial charge in [0.25, 0.3) is 0 Å². The van der Waals surface area contributed by atoms with Gasteiger partial charge in [0.1, 0.15) is 11.0 Å². The number of nitrogens with one attached hydrogen (secondary N) is 2. The summed E-state index contributed by atoms with van der Waals surface area (Å²) >= 11 is 6.29. The third-order valence-electron chi connectivity index (χ3n) is 5.17. The highest BCUT2D eigenvalue weighted by Crippen LogP contribution is 2.24. The molecule has 1 atom stereocenters. The fourth-order valence-corrected chi connectivity index (χ4v) is 3.69. The summed E-state index contributed by atoms with van der Waals surface area (Å²) in [7, 11) is 1.86. The lowest BCUT2D eigenvalue weighted by Gasteiger charge is -2.46. The van der Waals surface area contributed by atoms with E-state index in [9.17, 15) is 0 Å². The van der Waals surface area contributed by atoms with Crippen molar-refractivity contribution in [1.29, 1.82) is 0 Å². The number of aromatic nitrogens is 1. The van der Waals surface area contributed by atoms with Crippen molar-refractivity contribution in [3.8, 4) is 0 Å². The molecule has 2 saturated heterocycles. The summed E-state index contributed by atoms with van der Waals surface area (Å²) < 4.78 is 5.33. The smallest absolute Gasteiger partial charge is 0.146 e. The van der Waals surface area contributed by atoms with Crippen molar-refractivity contribution in [2.75, 3.05) is 50.1 Å². The van der Waals surface area contributed by atoms with Crippen LogP contribution in [0, 0.1) is 0 Å². The van der Waals surface area contributed by atoms with E-state index in [1.807, 2.05) is 31.6 Å². The number of ether oxygens (including phenoxy) is 1. The molecule has 0 bridgehead atoms. The van der Waals surface area contributed by atoms with Crippen LogP contribution in [0.15, 0.2) is 41.5 Å². The second kappa shape index (κ2) is 7.34. The van der Waals surface area contributed by atoms with Crippen molar-refractivity contribution in [2.45, 2.75) is 19.0 Å². The molecule has 140 valence electrons. The van der Waals surface area contributed by atoms with E-state index in [-0.39, 0.29) is 0 Å². The maximum absolute atomic E-state index is 6.29. The summed E-state index contributed by atoms with van der Waals surface area (Å²) in [5.41, 5.74) is 4.98. The molecule has 0 aliphatic carbocycles. The zero-order valence-corrected chi connectivity index (χ0v) is 15.9. The lowest BCUT2D eigenvalue weighted by atomic mass is 10.1. The first-order valence-corrected chi connectivity index (χ1v) is 9.37. The molecule has 2 fully saturated rings. The maximum Gasteiger partial charge on any atom is 0.146 e. The van der Waals surface area contributed by atoms with Crippen LogP contribution >= 0.6 is 11.6 Å². The zero-order valence-electron chi connectivity index (χ0n) is 15.2. The Kier molecular flexibility index (Phi) is 4.93. The number of hydrazine groups is 1. The van der Waals surface area contributed by atoms with Crippen molar-refractivity contribution < 1.29 is 4.74 Å². The molecule has 8 heteroatoms. The third kappa shape index (κ3) is 3.47. The van der Waals surface area contributed by atoms with Gasteiger partial charge < -0.3 is 20.4 Å². The fraction of sp³-hybridized carbons (Fsp3) is 0.500. The van der Waals surface area contributed by atoms with Gasteiger partial charge in [0.2, 0.25) is 0 Å². The van der Waals surface area contributed by atoms with Crippen molar-refractivity contribution in [1.82, 2.24) is 20.3 Å². The average molecular weight is 377 g/mol. The molecule has 1 aromatic rings. The topological polar surface area (TPSA) is 55.9 Å². The number of pyridine rings is 1. The van der Waals surface area contributed by atoms with Gasteiger partial charge in [-0.05, 0) is 25.1 Å². The van der Waals surface area contributed by atoms with Gasteiger partial charge in [0.15, 0.2) is 0 Å². The monoisotopic (exact) mass is 376 g/mol. The van der Waals surface area contributed by atoms with Crippen LogP contribution in [0.3, 0.4) is 0 Å². The Hall–Kier alpha value is -1.96. The first-order chi connectivity index (χ1) is 12.6. The molecule has 4 rings (SSSR count). The number of nitrogens with zero attached hydrogens (tertiary/aromatic N) is 4. The van der Waals surface area contributed by atoms with E-state index in [1.165, 1.54) is 0 Å². The van der Waals surface area contributed by atoms with Crippen LogP contribution in [0.2, 0.25) is 0 Å². The van der Waals surface area contributed by atoms with Gasteiger partial charge in [0.05, 0.1) is 36.8 Å². The molecule has 1 unspecified atom stereocenters. The van der Waals surface area contributed by atoms with Crippen LogP contribution < -0.4 is 15.6 Å². The highest BCUT2D eigenvalue weighted by Gasteiger charge is 2.32. The molecular weight excluding hydrogens is 352 g/mol. The second-order valence-electron chi connectivity index (χ2n) is 6.98. The molecule has 0 aromatic carbocycles. The Bertz CT molecular complexity index is 702.